The van der Waals surface area contributed by atoms with Crippen LogP contribution >= 0.6 is 22.6 Å². The van der Waals surface area contributed by atoms with Gasteiger partial charge in [0.1, 0.15) is 0 Å². The molecule has 0 spiro atoms. The standard InChI is InChI=1S/C11H13IN4O2/c1-14-7-9(12)10(17)16(11(14)18)6-4-8-3-5-13-15(8)2/h3,5,7H,4,6H2,1-2H3. The third kappa shape index (κ3) is 2.40. The molecule has 0 bridgehead atoms. The summed E-state index contributed by atoms with van der Waals surface area (Å²) in [6.07, 6.45) is 3.85. The second-order valence-electron chi connectivity index (χ2n) is 4.02. The monoisotopic (exact) mass is 360 g/mol. The fourth-order valence-electron chi connectivity index (χ4n) is 1.76. The van der Waals surface area contributed by atoms with Crippen molar-refractivity contribution in [1.82, 2.24) is 18.9 Å². The fourth-order valence-corrected chi connectivity index (χ4v) is 2.47. The number of hydrogen-bond acceptors (Lipinski definition) is 3. The zero-order chi connectivity index (χ0) is 13.3. The summed E-state index contributed by atoms with van der Waals surface area (Å²) >= 11 is 1.94. The number of aromatic nitrogens is 4. The Balaban J connectivity index is 2.33. The van der Waals surface area contributed by atoms with E-state index in [0.717, 1.165) is 5.69 Å². The van der Waals surface area contributed by atoms with Crippen molar-refractivity contribution in [3.8, 4) is 0 Å². The highest BCUT2D eigenvalue weighted by atomic mass is 127. The number of halogens is 1. The van der Waals surface area contributed by atoms with E-state index in [-0.39, 0.29) is 11.2 Å². The molecular formula is C11H13IN4O2. The molecule has 0 N–H and O–H groups in total. The van der Waals surface area contributed by atoms with E-state index in [9.17, 15) is 9.59 Å². The lowest BCUT2D eigenvalue weighted by atomic mass is 10.3. The highest BCUT2D eigenvalue weighted by Crippen LogP contribution is 1.99. The normalized spacial score (nSPS) is 10.8. The molecular weight excluding hydrogens is 347 g/mol. The fraction of sp³-hybridized carbons (Fsp3) is 0.364. The van der Waals surface area contributed by atoms with Gasteiger partial charge in [-0.05, 0) is 28.7 Å². The van der Waals surface area contributed by atoms with Gasteiger partial charge in [0.15, 0.2) is 0 Å². The third-order valence-electron chi connectivity index (χ3n) is 2.80. The lowest BCUT2D eigenvalue weighted by molar-refractivity contribution is 0.567. The molecule has 0 unspecified atom stereocenters. The Morgan fingerprint density at radius 3 is 2.67 bits per heavy atom. The molecule has 0 amide bonds. The van der Waals surface area contributed by atoms with Gasteiger partial charge in [-0.1, -0.05) is 0 Å². The zero-order valence-electron chi connectivity index (χ0n) is 10.1. The van der Waals surface area contributed by atoms with Crippen LogP contribution in [0.15, 0.2) is 28.0 Å². The number of rotatable bonds is 3. The summed E-state index contributed by atoms with van der Waals surface area (Å²) in [5.41, 5.74) is 0.464. The predicted molar refractivity (Wildman–Crippen MR) is 75.6 cm³/mol. The van der Waals surface area contributed by atoms with Crippen molar-refractivity contribution in [3.63, 3.8) is 0 Å². The summed E-state index contributed by atoms with van der Waals surface area (Å²) < 4.78 is 4.96. The molecule has 7 heteroatoms. The molecule has 0 saturated heterocycles. The van der Waals surface area contributed by atoms with Crippen LogP contribution in [-0.4, -0.2) is 18.9 Å². The van der Waals surface area contributed by atoms with Crippen molar-refractivity contribution in [1.29, 1.82) is 0 Å². The lowest BCUT2D eigenvalue weighted by Gasteiger charge is -2.08. The van der Waals surface area contributed by atoms with E-state index in [1.54, 1.807) is 24.1 Å². The summed E-state index contributed by atoms with van der Waals surface area (Å²) in [5, 5.41) is 4.05. The van der Waals surface area contributed by atoms with Gasteiger partial charge in [0.25, 0.3) is 5.56 Å². The Kier molecular flexibility index (Phi) is 3.69. The molecule has 18 heavy (non-hydrogen) atoms. The number of nitrogens with zero attached hydrogens (tertiary/aromatic N) is 4. The molecule has 0 aromatic carbocycles. The average molecular weight is 360 g/mol. The predicted octanol–water partition coefficient (Wildman–Crippen LogP) is 0.128. The summed E-state index contributed by atoms with van der Waals surface area (Å²) in [4.78, 5) is 23.8. The molecule has 0 fully saturated rings. The number of aryl methyl sites for hydroxylation is 3. The van der Waals surface area contributed by atoms with Crippen LogP contribution in [0, 0.1) is 3.57 Å². The van der Waals surface area contributed by atoms with E-state index in [1.165, 1.54) is 9.13 Å². The summed E-state index contributed by atoms with van der Waals surface area (Å²) in [5.74, 6) is 0. The minimum absolute atomic E-state index is 0.235. The molecule has 0 aliphatic rings. The minimum Gasteiger partial charge on any atom is -0.302 e. The van der Waals surface area contributed by atoms with Crippen LogP contribution in [0.2, 0.25) is 0 Å². The SMILES string of the molecule is Cn1nccc1CCn1c(=O)c(I)cn(C)c1=O. The van der Waals surface area contributed by atoms with Crippen LogP contribution in [0.5, 0.6) is 0 Å². The third-order valence-corrected chi connectivity index (χ3v) is 3.54. The Morgan fingerprint density at radius 1 is 1.33 bits per heavy atom. The summed E-state index contributed by atoms with van der Waals surface area (Å²) in [6.45, 7) is 0.363. The van der Waals surface area contributed by atoms with E-state index in [1.807, 2.05) is 35.7 Å². The van der Waals surface area contributed by atoms with Crippen LogP contribution in [0.1, 0.15) is 5.69 Å². The van der Waals surface area contributed by atoms with Gasteiger partial charge < -0.3 is 4.57 Å². The first-order chi connectivity index (χ1) is 8.50. The van der Waals surface area contributed by atoms with E-state index >= 15 is 0 Å². The maximum Gasteiger partial charge on any atom is 0.330 e. The van der Waals surface area contributed by atoms with Crippen molar-refractivity contribution in [2.45, 2.75) is 13.0 Å². The molecule has 0 saturated carbocycles. The van der Waals surface area contributed by atoms with Gasteiger partial charge >= 0.3 is 5.69 Å². The zero-order valence-corrected chi connectivity index (χ0v) is 12.3. The van der Waals surface area contributed by atoms with E-state index in [4.69, 9.17) is 0 Å². The van der Waals surface area contributed by atoms with Crippen LogP contribution in [0.4, 0.5) is 0 Å². The van der Waals surface area contributed by atoms with Gasteiger partial charge in [0, 0.05) is 45.1 Å². The molecule has 2 heterocycles. The van der Waals surface area contributed by atoms with Gasteiger partial charge in [-0.15, -0.1) is 0 Å². The van der Waals surface area contributed by atoms with Gasteiger partial charge in [-0.2, -0.15) is 5.10 Å². The highest BCUT2D eigenvalue weighted by molar-refractivity contribution is 14.1. The molecule has 2 rings (SSSR count). The first kappa shape index (κ1) is 13.1. The second-order valence-corrected chi connectivity index (χ2v) is 5.19. The quantitative estimate of drug-likeness (QED) is 0.731. The maximum atomic E-state index is 11.9. The largest absolute Gasteiger partial charge is 0.330 e. The summed E-state index contributed by atoms with van der Waals surface area (Å²) in [7, 11) is 3.48. The smallest absolute Gasteiger partial charge is 0.302 e. The van der Waals surface area contributed by atoms with Crippen molar-refractivity contribution in [2.75, 3.05) is 0 Å². The summed E-state index contributed by atoms with van der Waals surface area (Å²) in [6, 6.07) is 1.88. The van der Waals surface area contributed by atoms with Gasteiger partial charge in [0.05, 0.1) is 3.57 Å². The Morgan fingerprint density at radius 2 is 2.06 bits per heavy atom. The lowest BCUT2D eigenvalue weighted by Crippen LogP contribution is -2.40. The topological polar surface area (TPSA) is 61.8 Å². The Bertz CT molecular complexity index is 649. The van der Waals surface area contributed by atoms with Crippen LogP contribution in [0.3, 0.4) is 0 Å². The van der Waals surface area contributed by atoms with Crippen LogP contribution < -0.4 is 11.2 Å². The first-order valence-corrected chi connectivity index (χ1v) is 6.51. The van der Waals surface area contributed by atoms with Crippen molar-refractivity contribution in [3.05, 3.63) is 48.6 Å². The van der Waals surface area contributed by atoms with Gasteiger partial charge in [0.2, 0.25) is 0 Å². The molecule has 6 nitrogen and oxygen atoms in total. The van der Waals surface area contributed by atoms with E-state index in [0.29, 0.717) is 16.5 Å². The highest BCUT2D eigenvalue weighted by Gasteiger charge is 2.08. The molecule has 0 aliphatic carbocycles. The van der Waals surface area contributed by atoms with Gasteiger partial charge in [-0.25, -0.2) is 4.79 Å². The average Bonchev–Trinajstić information content (AvgIpc) is 2.73. The number of hydrogen-bond donors (Lipinski definition) is 0. The van der Waals surface area contributed by atoms with Crippen molar-refractivity contribution in [2.24, 2.45) is 14.1 Å². The second kappa shape index (κ2) is 5.09. The Hall–Kier alpha value is -1.38. The molecule has 0 aliphatic heterocycles. The van der Waals surface area contributed by atoms with E-state index < -0.39 is 0 Å². The van der Waals surface area contributed by atoms with E-state index in [2.05, 4.69) is 5.10 Å². The Labute approximate surface area is 117 Å². The molecule has 2 aromatic rings. The molecule has 0 atom stereocenters. The molecule has 0 radical (unpaired) electrons. The van der Waals surface area contributed by atoms with Crippen molar-refractivity contribution >= 4 is 22.6 Å². The maximum absolute atomic E-state index is 11.9. The minimum atomic E-state index is -0.289. The van der Waals surface area contributed by atoms with Crippen LogP contribution in [0.25, 0.3) is 0 Å². The van der Waals surface area contributed by atoms with Crippen LogP contribution in [-0.2, 0) is 27.1 Å². The van der Waals surface area contributed by atoms with Crippen molar-refractivity contribution < 1.29 is 0 Å². The van der Waals surface area contributed by atoms with Gasteiger partial charge in [-0.3, -0.25) is 14.0 Å². The molecule has 2 aromatic heterocycles. The molecule has 96 valence electrons. The first-order valence-electron chi connectivity index (χ1n) is 5.43.